The Hall–Kier alpha value is 0.0549. The van der Waals surface area contributed by atoms with E-state index in [1.165, 1.54) is 0 Å². The molecule has 0 radical (unpaired) electrons. The zero-order valence-corrected chi connectivity index (χ0v) is 6.92. The van der Waals surface area contributed by atoms with Crippen molar-refractivity contribution in [3.8, 4) is 12.1 Å². The molecule has 52 valence electrons. The SMILES string of the molecule is B.C#C[P@](C)C(C)(C)C. The van der Waals surface area contributed by atoms with Crippen molar-refractivity contribution in [3.05, 3.63) is 0 Å². The Morgan fingerprint density at radius 1 is 1.33 bits per heavy atom. The molecule has 0 aromatic carbocycles. The first-order valence-electron chi connectivity index (χ1n) is 2.68. The van der Waals surface area contributed by atoms with Crippen molar-refractivity contribution >= 4 is 16.3 Å². The van der Waals surface area contributed by atoms with Crippen molar-refractivity contribution in [3.63, 3.8) is 0 Å². The van der Waals surface area contributed by atoms with Gasteiger partial charge in [-0.2, -0.15) is 0 Å². The fraction of sp³-hybridized carbons (Fsp3) is 0.714. The Labute approximate surface area is 61.7 Å². The molecular weight excluding hydrogens is 126 g/mol. The zero-order valence-electron chi connectivity index (χ0n) is 6.02. The van der Waals surface area contributed by atoms with E-state index >= 15 is 0 Å². The van der Waals surface area contributed by atoms with Gasteiger partial charge >= 0.3 is 0 Å². The van der Waals surface area contributed by atoms with E-state index in [4.69, 9.17) is 6.42 Å². The van der Waals surface area contributed by atoms with Gasteiger partial charge in [-0.3, -0.25) is 0 Å². The summed E-state index contributed by atoms with van der Waals surface area (Å²) in [5.41, 5.74) is 2.77. The largest absolute Gasteiger partial charge is 0.115 e. The molecule has 0 rings (SSSR count). The van der Waals surface area contributed by atoms with Crippen LogP contribution in [0.3, 0.4) is 0 Å². The highest BCUT2D eigenvalue weighted by Crippen LogP contribution is 2.43. The highest BCUT2D eigenvalue weighted by atomic mass is 31.1. The predicted octanol–water partition coefficient (Wildman–Crippen LogP) is 1.30. The molecule has 0 saturated carbocycles. The fourth-order valence-corrected chi connectivity index (χ4v) is 0.581. The lowest BCUT2D eigenvalue weighted by Crippen LogP contribution is -2.08. The van der Waals surface area contributed by atoms with Crippen LogP contribution >= 0.6 is 7.92 Å². The minimum Gasteiger partial charge on any atom is -0.115 e. The van der Waals surface area contributed by atoms with Crippen molar-refractivity contribution in [1.82, 2.24) is 0 Å². The lowest BCUT2D eigenvalue weighted by Gasteiger charge is -2.21. The molecule has 0 spiro atoms. The van der Waals surface area contributed by atoms with Crippen LogP contribution in [0.15, 0.2) is 0 Å². The molecule has 0 aliphatic rings. The van der Waals surface area contributed by atoms with E-state index in [2.05, 4.69) is 33.1 Å². The highest BCUT2D eigenvalue weighted by molar-refractivity contribution is 7.63. The van der Waals surface area contributed by atoms with Gasteiger partial charge in [0.2, 0.25) is 0 Å². The molecule has 0 aliphatic carbocycles. The molecule has 2 heteroatoms. The smallest absolute Gasteiger partial charge is 0.0814 e. The van der Waals surface area contributed by atoms with Crippen molar-refractivity contribution in [2.75, 3.05) is 6.66 Å². The maximum absolute atomic E-state index is 5.24. The normalized spacial score (nSPS) is 13.2. The summed E-state index contributed by atoms with van der Waals surface area (Å²) >= 11 is 0. The van der Waals surface area contributed by atoms with Gasteiger partial charge in [0.25, 0.3) is 0 Å². The summed E-state index contributed by atoms with van der Waals surface area (Å²) in [6.45, 7) is 8.67. The van der Waals surface area contributed by atoms with Crippen molar-refractivity contribution in [1.29, 1.82) is 0 Å². The first-order valence-corrected chi connectivity index (χ1v) is 4.47. The van der Waals surface area contributed by atoms with E-state index in [0.29, 0.717) is 5.16 Å². The van der Waals surface area contributed by atoms with E-state index in [9.17, 15) is 0 Å². The van der Waals surface area contributed by atoms with Crippen LogP contribution in [0.2, 0.25) is 0 Å². The Morgan fingerprint density at radius 3 is 1.67 bits per heavy atom. The van der Waals surface area contributed by atoms with Gasteiger partial charge in [0.1, 0.15) is 0 Å². The zero-order chi connectivity index (χ0) is 6.78. The minimum absolute atomic E-state index is 0. The van der Waals surface area contributed by atoms with Gasteiger partial charge in [0.15, 0.2) is 0 Å². The molecule has 0 nitrogen and oxygen atoms in total. The molecule has 0 saturated heterocycles. The third-order valence-electron chi connectivity index (χ3n) is 1.20. The highest BCUT2D eigenvalue weighted by Gasteiger charge is 2.16. The van der Waals surface area contributed by atoms with Gasteiger partial charge in [-0.15, -0.1) is 6.42 Å². The minimum atomic E-state index is -0.192. The van der Waals surface area contributed by atoms with Crippen molar-refractivity contribution < 1.29 is 0 Å². The second kappa shape index (κ2) is 3.97. The van der Waals surface area contributed by atoms with E-state index in [1.54, 1.807) is 0 Å². The molecule has 9 heavy (non-hydrogen) atoms. The van der Waals surface area contributed by atoms with Crippen LogP contribution in [-0.2, 0) is 0 Å². The lowest BCUT2D eigenvalue weighted by atomic mass is 10.3. The van der Waals surface area contributed by atoms with Crippen LogP contribution in [0, 0.1) is 12.1 Å². The van der Waals surface area contributed by atoms with E-state index in [0.717, 1.165) is 0 Å². The van der Waals surface area contributed by atoms with Crippen LogP contribution in [0.25, 0.3) is 0 Å². The first-order chi connectivity index (χ1) is 3.48. The first kappa shape index (κ1) is 11.8. The predicted molar refractivity (Wildman–Crippen MR) is 51.4 cm³/mol. The average Bonchev–Trinajstić information content (AvgIpc) is 1.62. The lowest BCUT2D eigenvalue weighted by molar-refractivity contribution is 0.791. The van der Waals surface area contributed by atoms with Gasteiger partial charge in [-0.25, -0.2) is 0 Å². The Morgan fingerprint density at radius 2 is 1.67 bits per heavy atom. The standard InChI is InChI=1S/C7H13P.BH3/c1-6-8(5)7(2,3)4;/h1H,2-5H3;1H3/t8-;/m0./s1. The van der Waals surface area contributed by atoms with E-state index < -0.39 is 0 Å². The average molecular weight is 142 g/mol. The summed E-state index contributed by atoms with van der Waals surface area (Å²) in [5.74, 6) is 0. The van der Waals surface area contributed by atoms with E-state index in [-0.39, 0.29) is 16.3 Å². The molecule has 0 amide bonds. The number of terminal acetylenes is 1. The second-order valence-electron chi connectivity index (χ2n) is 2.86. The quantitative estimate of drug-likeness (QED) is 0.271. The summed E-state index contributed by atoms with van der Waals surface area (Å²) in [6, 6.07) is 0. The number of hydrogen-bond acceptors (Lipinski definition) is 0. The van der Waals surface area contributed by atoms with Crippen LogP contribution in [0.4, 0.5) is 0 Å². The summed E-state index contributed by atoms with van der Waals surface area (Å²) < 4.78 is 0. The second-order valence-corrected chi connectivity index (χ2v) is 5.58. The molecule has 0 aliphatic heterocycles. The molecule has 1 atom stereocenters. The van der Waals surface area contributed by atoms with E-state index in [1.807, 2.05) is 0 Å². The molecule has 0 N–H and O–H groups in total. The van der Waals surface area contributed by atoms with Crippen molar-refractivity contribution in [2.45, 2.75) is 25.9 Å². The van der Waals surface area contributed by atoms with Crippen molar-refractivity contribution in [2.24, 2.45) is 0 Å². The van der Waals surface area contributed by atoms with Crippen LogP contribution in [-0.4, -0.2) is 20.2 Å². The summed E-state index contributed by atoms with van der Waals surface area (Å²) in [4.78, 5) is 0. The summed E-state index contributed by atoms with van der Waals surface area (Å²) in [6.07, 6.45) is 5.24. The molecule has 0 unspecified atom stereocenters. The van der Waals surface area contributed by atoms with Gasteiger partial charge in [0.05, 0.1) is 8.41 Å². The molecular formula is C7H16BP. The molecule has 0 fully saturated rings. The maximum atomic E-state index is 5.24. The summed E-state index contributed by atoms with van der Waals surface area (Å²) in [5, 5.41) is 0.337. The molecule has 0 bridgehead atoms. The van der Waals surface area contributed by atoms with Crippen LogP contribution < -0.4 is 0 Å². The molecule has 0 aromatic heterocycles. The fourth-order valence-electron chi connectivity index (χ4n) is 0.194. The van der Waals surface area contributed by atoms with Gasteiger partial charge < -0.3 is 0 Å². The van der Waals surface area contributed by atoms with Crippen LogP contribution in [0.5, 0.6) is 0 Å². The van der Waals surface area contributed by atoms with Gasteiger partial charge in [-0.1, -0.05) is 26.4 Å². The topological polar surface area (TPSA) is 0 Å². The Bertz CT molecular complexity index is 107. The third kappa shape index (κ3) is 4.55. The third-order valence-corrected chi connectivity index (χ3v) is 3.60. The Kier molecular flexibility index (Phi) is 5.20. The molecule has 0 heterocycles. The maximum Gasteiger partial charge on any atom is 0.0814 e. The van der Waals surface area contributed by atoms with Crippen LogP contribution in [0.1, 0.15) is 20.8 Å². The van der Waals surface area contributed by atoms with Gasteiger partial charge in [0, 0.05) is 0 Å². The molecule has 0 aromatic rings. The Balaban J connectivity index is 0. The summed E-state index contributed by atoms with van der Waals surface area (Å²) in [7, 11) is -0.192. The van der Waals surface area contributed by atoms with Gasteiger partial charge in [-0.05, 0) is 19.7 Å². The number of hydrogen-bond donors (Lipinski definition) is 0. The number of rotatable bonds is 0. The monoisotopic (exact) mass is 142 g/mol.